The first-order valence-electron chi connectivity index (χ1n) is 14.4. The number of rotatable bonds is 25. The van der Waals surface area contributed by atoms with E-state index in [4.69, 9.17) is 0 Å². The van der Waals surface area contributed by atoms with E-state index >= 15 is 0 Å². The van der Waals surface area contributed by atoms with Crippen LogP contribution in [0.1, 0.15) is 116 Å². The van der Waals surface area contributed by atoms with Crippen molar-refractivity contribution in [3.05, 3.63) is 49.1 Å². The average Bonchev–Trinajstić information content (AvgIpc) is 3.56. The van der Waals surface area contributed by atoms with Gasteiger partial charge in [-0.1, -0.05) is 111 Å². The van der Waals surface area contributed by atoms with E-state index in [1.54, 1.807) is 0 Å². The van der Waals surface area contributed by atoms with Crippen LogP contribution in [-0.4, -0.2) is 20.6 Å². The molecule has 0 N–H and O–H groups in total. The van der Waals surface area contributed by atoms with Gasteiger partial charge < -0.3 is 9.13 Å². The van der Waals surface area contributed by atoms with Crippen LogP contribution < -0.4 is 0 Å². The minimum atomic E-state index is 1.19. The van der Waals surface area contributed by atoms with Crippen LogP contribution in [0.25, 0.3) is 0 Å². The molecule has 0 radical (unpaired) electrons. The van der Waals surface area contributed by atoms with Crippen LogP contribution in [0.2, 0.25) is 0 Å². The molecule has 0 unspecified atom stereocenters. The van der Waals surface area contributed by atoms with Crippen molar-refractivity contribution in [1.29, 1.82) is 0 Å². The van der Waals surface area contributed by atoms with Gasteiger partial charge in [-0.2, -0.15) is 0 Å². The number of aromatic nitrogens is 2. The molecule has 0 aliphatic rings. The molecule has 0 aromatic carbocycles. The number of nitrogens with zero attached hydrogens (tertiary/aromatic N) is 2. The van der Waals surface area contributed by atoms with Gasteiger partial charge in [-0.3, -0.25) is 0 Å². The first kappa shape index (κ1) is 29.5. The summed E-state index contributed by atoms with van der Waals surface area (Å²) >= 11 is 0. The molecule has 4 heteroatoms. The number of unbranched alkanes of at least 4 members (excludes halogenated alkanes) is 16. The van der Waals surface area contributed by atoms with E-state index in [0.29, 0.717) is 0 Å². The Balaban J connectivity index is 1.16. The lowest BCUT2D eigenvalue weighted by atomic mass is 10.1. The van der Waals surface area contributed by atoms with E-state index in [1.165, 1.54) is 140 Å². The maximum atomic E-state index is 2.30. The molecule has 2 aromatic rings. The van der Waals surface area contributed by atoms with Gasteiger partial charge in [-0.05, 0) is 49.9 Å². The third-order valence-corrected chi connectivity index (χ3v) is 9.28. The molecule has 2 rings (SSSR count). The molecule has 0 saturated heterocycles. The van der Waals surface area contributed by atoms with Gasteiger partial charge in [-0.25, -0.2) is 0 Å². The fraction of sp³-hybridized carbons (Fsp3) is 0.733. The summed E-state index contributed by atoms with van der Waals surface area (Å²) in [4.78, 5) is 0. The highest BCUT2D eigenvalue weighted by Gasteiger charge is 1.97. The van der Waals surface area contributed by atoms with Gasteiger partial charge in [0.15, 0.2) is 0 Å². The summed E-state index contributed by atoms with van der Waals surface area (Å²) in [5.74, 6) is 2.71. The van der Waals surface area contributed by atoms with Crippen LogP contribution in [0.5, 0.6) is 0 Å². The van der Waals surface area contributed by atoms with Crippen molar-refractivity contribution < 1.29 is 0 Å². The van der Waals surface area contributed by atoms with Crippen LogP contribution in [0.3, 0.4) is 0 Å². The van der Waals surface area contributed by atoms with E-state index in [9.17, 15) is 0 Å². The van der Waals surface area contributed by atoms with Crippen molar-refractivity contribution in [3.63, 3.8) is 0 Å². The molecule has 0 bridgehead atoms. The molecule has 34 heavy (non-hydrogen) atoms. The summed E-state index contributed by atoms with van der Waals surface area (Å²) in [5, 5.41) is 0. The van der Waals surface area contributed by atoms with Crippen molar-refractivity contribution in [3.8, 4) is 0 Å². The largest absolute Gasteiger partial charge is 0.354 e. The topological polar surface area (TPSA) is 9.86 Å². The molecule has 0 atom stereocenters. The molecule has 2 heterocycles. The van der Waals surface area contributed by atoms with E-state index < -0.39 is 0 Å². The molecule has 2 nitrogen and oxygen atoms in total. The first-order chi connectivity index (χ1) is 16.9. The lowest BCUT2D eigenvalue weighted by Gasteiger charge is -2.05. The predicted octanol–water partition coefficient (Wildman–Crippen LogP) is 10.4. The maximum absolute atomic E-state index is 2.30. The molecular weight excluding hydrogens is 452 g/mol. The quantitative estimate of drug-likeness (QED) is 0.0982. The Hall–Kier alpha value is -0.740. The SMILES string of the molecule is c1ccn(CCCCCCCCCCCSSCCCCCCCCCCCn2cccc2)c1. The molecule has 0 amide bonds. The Bertz CT molecular complexity index is 568. The van der Waals surface area contributed by atoms with E-state index in [1.807, 2.05) is 0 Å². The monoisotopic (exact) mass is 504 g/mol. The molecule has 0 fully saturated rings. The Morgan fingerprint density at radius 1 is 0.324 bits per heavy atom. The van der Waals surface area contributed by atoms with Crippen LogP contribution in [0.4, 0.5) is 0 Å². The van der Waals surface area contributed by atoms with E-state index in [2.05, 4.69) is 79.8 Å². The fourth-order valence-corrected chi connectivity index (χ4v) is 6.84. The second-order valence-electron chi connectivity index (χ2n) is 9.85. The zero-order chi connectivity index (χ0) is 23.8. The Morgan fingerprint density at radius 3 is 0.912 bits per heavy atom. The molecule has 194 valence electrons. The first-order valence-corrected chi connectivity index (χ1v) is 16.9. The van der Waals surface area contributed by atoms with Gasteiger partial charge in [-0.15, -0.1) is 0 Å². The number of aryl methyl sites for hydroxylation is 2. The summed E-state index contributed by atoms with van der Waals surface area (Å²) in [5.41, 5.74) is 0. The van der Waals surface area contributed by atoms with Crippen molar-refractivity contribution in [2.45, 2.75) is 129 Å². The van der Waals surface area contributed by atoms with Gasteiger partial charge >= 0.3 is 0 Å². The average molecular weight is 505 g/mol. The standard InChI is InChI=1S/C30H52N2S2/c1(3-7-11-15-23-31-25-17-18-26-31)5-9-13-21-29-33-34-30-22-14-10-6-2-4-8-12-16-24-32-27-19-20-28-32/h17-20,25-28H,1-16,21-24,29-30H2. The van der Waals surface area contributed by atoms with Gasteiger partial charge in [0.2, 0.25) is 0 Å². The smallest absolute Gasteiger partial charge is 0.0219 e. The normalized spacial score (nSPS) is 11.4. The van der Waals surface area contributed by atoms with Crippen molar-refractivity contribution >= 4 is 21.6 Å². The third-order valence-electron chi connectivity index (χ3n) is 6.70. The van der Waals surface area contributed by atoms with Gasteiger partial charge in [0.25, 0.3) is 0 Å². The van der Waals surface area contributed by atoms with Crippen LogP contribution in [0.15, 0.2) is 49.1 Å². The minimum Gasteiger partial charge on any atom is -0.354 e. The zero-order valence-electron chi connectivity index (χ0n) is 21.9. The summed E-state index contributed by atoms with van der Waals surface area (Å²) in [7, 11) is 4.24. The Morgan fingerprint density at radius 2 is 0.588 bits per heavy atom. The molecule has 0 aliphatic heterocycles. The van der Waals surface area contributed by atoms with Crippen molar-refractivity contribution in [2.24, 2.45) is 0 Å². The highest BCUT2D eigenvalue weighted by Crippen LogP contribution is 2.25. The maximum Gasteiger partial charge on any atom is 0.0219 e. The minimum absolute atomic E-state index is 1.19. The molecular formula is C30H52N2S2. The second kappa shape index (κ2) is 22.7. The zero-order valence-corrected chi connectivity index (χ0v) is 23.5. The van der Waals surface area contributed by atoms with E-state index in [0.717, 1.165) is 0 Å². The van der Waals surface area contributed by atoms with Crippen LogP contribution in [-0.2, 0) is 13.1 Å². The number of hydrogen-bond acceptors (Lipinski definition) is 2. The van der Waals surface area contributed by atoms with E-state index in [-0.39, 0.29) is 0 Å². The molecule has 0 spiro atoms. The highest BCUT2D eigenvalue weighted by atomic mass is 33.1. The Labute approximate surface area is 219 Å². The Kier molecular flexibility index (Phi) is 19.7. The molecule has 0 saturated carbocycles. The van der Waals surface area contributed by atoms with Crippen molar-refractivity contribution in [2.75, 3.05) is 11.5 Å². The van der Waals surface area contributed by atoms with Gasteiger partial charge in [0, 0.05) is 49.4 Å². The second-order valence-corrected chi connectivity index (χ2v) is 12.6. The summed E-state index contributed by atoms with van der Waals surface area (Å²) < 4.78 is 4.60. The summed E-state index contributed by atoms with van der Waals surface area (Å²) in [6, 6.07) is 8.48. The fourth-order valence-electron chi connectivity index (χ4n) is 4.54. The highest BCUT2D eigenvalue weighted by molar-refractivity contribution is 8.76. The third kappa shape index (κ3) is 17.7. The lowest BCUT2D eigenvalue weighted by molar-refractivity contribution is 0.540. The summed E-state index contributed by atoms with van der Waals surface area (Å²) in [6.07, 6.45) is 34.2. The van der Waals surface area contributed by atoms with Gasteiger partial charge in [0.1, 0.15) is 0 Å². The van der Waals surface area contributed by atoms with Crippen LogP contribution >= 0.6 is 21.6 Å². The molecule has 2 aromatic heterocycles. The van der Waals surface area contributed by atoms with Crippen LogP contribution in [0, 0.1) is 0 Å². The summed E-state index contributed by atoms with van der Waals surface area (Å²) in [6.45, 7) is 2.39. The number of hydrogen-bond donors (Lipinski definition) is 0. The predicted molar refractivity (Wildman–Crippen MR) is 157 cm³/mol. The molecule has 0 aliphatic carbocycles. The lowest BCUT2D eigenvalue weighted by Crippen LogP contribution is -1.93. The van der Waals surface area contributed by atoms with Gasteiger partial charge in [0.05, 0.1) is 0 Å². The van der Waals surface area contributed by atoms with Crippen molar-refractivity contribution in [1.82, 2.24) is 9.13 Å².